The van der Waals surface area contributed by atoms with E-state index >= 15 is 0 Å². The van der Waals surface area contributed by atoms with Crippen LogP contribution >= 0.6 is 0 Å². The molecule has 0 aliphatic rings. The predicted molar refractivity (Wildman–Crippen MR) is 79.6 cm³/mol. The second-order valence-corrected chi connectivity index (χ2v) is 6.36. The predicted octanol–water partition coefficient (Wildman–Crippen LogP) is 2.70. The van der Waals surface area contributed by atoms with E-state index in [2.05, 4.69) is 52.0 Å². The van der Waals surface area contributed by atoms with E-state index in [1.165, 1.54) is 11.1 Å². The third-order valence-corrected chi connectivity index (χ3v) is 3.79. The number of benzene rings is 1. The van der Waals surface area contributed by atoms with Crippen LogP contribution < -0.4 is 11.5 Å². The molecular weight excluding hydrogens is 220 g/mol. The van der Waals surface area contributed by atoms with Gasteiger partial charge in [0.2, 0.25) is 0 Å². The third kappa shape index (κ3) is 4.11. The minimum absolute atomic E-state index is 0.223. The van der Waals surface area contributed by atoms with Crippen molar-refractivity contribution in [2.75, 3.05) is 13.1 Å². The van der Waals surface area contributed by atoms with Gasteiger partial charge in [-0.3, -0.25) is 0 Å². The molecule has 4 N–H and O–H groups in total. The van der Waals surface area contributed by atoms with E-state index in [1.54, 1.807) is 0 Å². The van der Waals surface area contributed by atoms with Gasteiger partial charge in [-0.25, -0.2) is 0 Å². The molecule has 0 aliphatic carbocycles. The summed E-state index contributed by atoms with van der Waals surface area (Å²) in [6.45, 7) is 10.3. The van der Waals surface area contributed by atoms with Gasteiger partial charge in [-0.2, -0.15) is 0 Å². The summed E-state index contributed by atoms with van der Waals surface area (Å²) < 4.78 is 0. The first kappa shape index (κ1) is 15.2. The van der Waals surface area contributed by atoms with E-state index in [4.69, 9.17) is 11.5 Å². The molecule has 0 aromatic heterocycles. The first-order valence-electron chi connectivity index (χ1n) is 6.88. The number of rotatable bonds is 5. The van der Waals surface area contributed by atoms with E-state index < -0.39 is 0 Å². The first-order chi connectivity index (χ1) is 8.38. The SMILES string of the molecule is CC(Cc1ccc(C(C)(C)C)cc1)C(CN)CN. The fourth-order valence-corrected chi connectivity index (χ4v) is 2.24. The third-order valence-electron chi connectivity index (χ3n) is 3.79. The molecule has 0 radical (unpaired) electrons. The summed E-state index contributed by atoms with van der Waals surface area (Å²) >= 11 is 0. The van der Waals surface area contributed by atoms with Gasteiger partial charge in [0.05, 0.1) is 0 Å². The van der Waals surface area contributed by atoms with Crippen LogP contribution in [0.15, 0.2) is 24.3 Å². The molecule has 0 saturated carbocycles. The lowest BCUT2D eigenvalue weighted by Gasteiger charge is -2.22. The zero-order valence-electron chi connectivity index (χ0n) is 12.2. The fraction of sp³-hybridized carbons (Fsp3) is 0.625. The van der Waals surface area contributed by atoms with Crippen molar-refractivity contribution in [3.05, 3.63) is 35.4 Å². The Balaban J connectivity index is 2.69. The van der Waals surface area contributed by atoms with Crippen LogP contribution in [0, 0.1) is 11.8 Å². The van der Waals surface area contributed by atoms with Crippen LogP contribution in [0.5, 0.6) is 0 Å². The molecule has 0 fully saturated rings. The fourth-order valence-electron chi connectivity index (χ4n) is 2.24. The normalized spacial score (nSPS) is 13.9. The summed E-state index contributed by atoms with van der Waals surface area (Å²) in [7, 11) is 0. The van der Waals surface area contributed by atoms with E-state index in [0.717, 1.165) is 6.42 Å². The molecule has 0 bridgehead atoms. The molecule has 1 rings (SSSR count). The highest BCUT2D eigenvalue weighted by Crippen LogP contribution is 2.23. The molecule has 0 spiro atoms. The van der Waals surface area contributed by atoms with Crippen LogP contribution in [0.3, 0.4) is 0 Å². The van der Waals surface area contributed by atoms with Crippen LogP contribution in [0.4, 0.5) is 0 Å². The number of nitrogens with two attached hydrogens (primary N) is 2. The standard InChI is InChI=1S/C16H28N2/c1-12(14(10-17)11-18)9-13-5-7-15(8-6-13)16(2,3)4/h5-8,12,14H,9-11,17-18H2,1-4H3. The van der Waals surface area contributed by atoms with Crippen LogP contribution in [0.1, 0.15) is 38.8 Å². The van der Waals surface area contributed by atoms with Gasteiger partial charge in [-0.05, 0) is 47.9 Å². The summed E-state index contributed by atoms with van der Waals surface area (Å²) in [4.78, 5) is 0. The van der Waals surface area contributed by atoms with E-state index in [0.29, 0.717) is 24.9 Å². The highest BCUT2D eigenvalue weighted by molar-refractivity contribution is 5.27. The summed E-state index contributed by atoms with van der Waals surface area (Å²) in [5.41, 5.74) is 14.5. The van der Waals surface area contributed by atoms with Crippen molar-refractivity contribution >= 4 is 0 Å². The summed E-state index contributed by atoms with van der Waals surface area (Å²) in [5.74, 6) is 0.966. The van der Waals surface area contributed by atoms with Gasteiger partial charge >= 0.3 is 0 Å². The smallest absolute Gasteiger partial charge is 0.00341 e. The maximum atomic E-state index is 5.74. The van der Waals surface area contributed by atoms with E-state index in [1.807, 2.05) is 0 Å². The summed E-state index contributed by atoms with van der Waals surface area (Å²) in [5, 5.41) is 0. The summed E-state index contributed by atoms with van der Waals surface area (Å²) in [6, 6.07) is 8.95. The number of hydrogen-bond donors (Lipinski definition) is 2. The van der Waals surface area contributed by atoms with Gasteiger partial charge in [-0.15, -0.1) is 0 Å². The quantitative estimate of drug-likeness (QED) is 0.842. The summed E-state index contributed by atoms with van der Waals surface area (Å²) in [6.07, 6.45) is 1.06. The second kappa shape index (κ2) is 6.35. The molecule has 102 valence electrons. The topological polar surface area (TPSA) is 52.0 Å². The molecule has 2 nitrogen and oxygen atoms in total. The van der Waals surface area contributed by atoms with Crippen LogP contribution in [-0.4, -0.2) is 13.1 Å². The molecule has 0 saturated heterocycles. The zero-order valence-corrected chi connectivity index (χ0v) is 12.2. The number of hydrogen-bond acceptors (Lipinski definition) is 2. The van der Waals surface area contributed by atoms with Crippen molar-refractivity contribution < 1.29 is 0 Å². The minimum Gasteiger partial charge on any atom is -0.330 e. The first-order valence-corrected chi connectivity index (χ1v) is 6.88. The van der Waals surface area contributed by atoms with E-state index in [9.17, 15) is 0 Å². The van der Waals surface area contributed by atoms with Crippen LogP contribution in [-0.2, 0) is 11.8 Å². The average molecular weight is 248 g/mol. The van der Waals surface area contributed by atoms with Gasteiger partial charge in [0.25, 0.3) is 0 Å². The molecular formula is C16H28N2. The Hall–Kier alpha value is -0.860. The molecule has 18 heavy (non-hydrogen) atoms. The van der Waals surface area contributed by atoms with Gasteiger partial charge < -0.3 is 11.5 Å². The highest BCUT2D eigenvalue weighted by atomic mass is 14.6. The van der Waals surface area contributed by atoms with Crippen molar-refractivity contribution in [3.8, 4) is 0 Å². The van der Waals surface area contributed by atoms with Crippen molar-refractivity contribution in [2.24, 2.45) is 23.3 Å². The van der Waals surface area contributed by atoms with Crippen molar-refractivity contribution in [1.29, 1.82) is 0 Å². The minimum atomic E-state index is 0.223. The van der Waals surface area contributed by atoms with Crippen molar-refractivity contribution in [3.63, 3.8) is 0 Å². The zero-order chi connectivity index (χ0) is 13.8. The van der Waals surface area contributed by atoms with Gasteiger partial charge in [0.15, 0.2) is 0 Å². The lowest BCUT2D eigenvalue weighted by Crippen LogP contribution is -2.30. The Morgan fingerprint density at radius 3 is 1.89 bits per heavy atom. The Kier molecular flexibility index (Phi) is 5.36. The molecule has 2 heteroatoms. The Labute approximate surface area is 112 Å². The highest BCUT2D eigenvalue weighted by Gasteiger charge is 2.16. The Morgan fingerprint density at radius 1 is 1.00 bits per heavy atom. The van der Waals surface area contributed by atoms with Gasteiger partial charge in [0, 0.05) is 0 Å². The molecule has 0 amide bonds. The maximum absolute atomic E-state index is 5.74. The largest absolute Gasteiger partial charge is 0.330 e. The van der Waals surface area contributed by atoms with Gasteiger partial charge in [-0.1, -0.05) is 52.0 Å². The lowest BCUT2D eigenvalue weighted by molar-refractivity contribution is 0.372. The monoisotopic (exact) mass is 248 g/mol. The van der Waals surface area contributed by atoms with E-state index in [-0.39, 0.29) is 5.41 Å². The van der Waals surface area contributed by atoms with Crippen molar-refractivity contribution in [2.45, 2.75) is 39.5 Å². The molecule has 0 aliphatic heterocycles. The Morgan fingerprint density at radius 2 is 1.50 bits per heavy atom. The lowest BCUT2D eigenvalue weighted by atomic mass is 9.84. The maximum Gasteiger partial charge on any atom is -0.00341 e. The average Bonchev–Trinajstić information content (AvgIpc) is 2.30. The molecule has 1 atom stereocenters. The Bertz CT molecular complexity index is 344. The molecule has 0 heterocycles. The molecule has 1 aromatic rings. The van der Waals surface area contributed by atoms with Crippen LogP contribution in [0.2, 0.25) is 0 Å². The van der Waals surface area contributed by atoms with Crippen LogP contribution in [0.25, 0.3) is 0 Å². The second-order valence-electron chi connectivity index (χ2n) is 6.36. The molecule has 1 aromatic carbocycles. The van der Waals surface area contributed by atoms with Gasteiger partial charge in [0.1, 0.15) is 0 Å². The molecule has 1 unspecified atom stereocenters. The van der Waals surface area contributed by atoms with Crippen molar-refractivity contribution in [1.82, 2.24) is 0 Å².